The molecule has 4 heteroatoms. The van der Waals surface area contributed by atoms with E-state index in [2.05, 4.69) is 201 Å². The SMILES string of the molecule is c1ccc(-n2c3ccncc3c3cc(-c4ccc5cc(-n6c7ccccc7c7ccc8c9ccccc9n(-c9ccccc9)c8c76)ccc5c4)ccc32)cc1. The van der Waals surface area contributed by atoms with E-state index in [4.69, 9.17) is 0 Å². The van der Waals surface area contributed by atoms with Crippen LogP contribution in [0.25, 0.3) is 104 Å². The fourth-order valence-electron chi connectivity index (χ4n) is 9.07. The van der Waals surface area contributed by atoms with Gasteiger partial charge in [0, 0.05) is 61.8 Å². The van der Waals surface area contributed by atoms with Crippen LogP contribution in [0.15, 0.2) is 194 Å². The van der Waals surface area contributed by atoms with E-state index in [-0.39, 0.29) is 0 Å². The standard InChI is InChI=1S/C51H32N4/c1-3-11-37(12-4-1)53-48-26-22-36(31-44(48)45-32-52-28-27-49(45)53)33-19-20-35-30-39(23-21-34(35)29-33)55-47-18-10-8-16-41(47)43-25-24-42-40-15-7-9-17-46(40)54(50(42)51(43)55)38-13-5-2-6-14-38/h1-32H. The molecule has 0 saturated heterocycles. The van der Waals surface area contributed by atoms with Crippen LogP contribution in [0.4, 0.5) is 0 Å². The predicted octanol–water partition coefficient (Wildman–Crippen LogP) is 13.2. The highest BCUT2D eigenvalue weighted by Crippen LogP contribution is 2.42. The van der Waals surface area contributed by atoms with Crippen LogP contribution in [-0.2, 0) is 0 Å². The van der Waals surface area contributed by atoms with Gasteiger partial charge in [0.1, 0.15) is 0 Å². The largest absolute Gasteiger partial charge is 0.309 e. The molecule has 12 rings (SSSR count). The second-order valence-corrected chi connectivity index (χ2v) is 14.4. The first-order valence-corrected chi connectivity index (χ1v) is 18.8. The quantitative estimate of drug-likeness (QED) is 0.180. The summed E-state index contributed by atoms with van der Waals surface area (Å²) in [7, 11) is 0. The van der Waals surface area contributed by atoms with Gasteiger partial charge in [-0.3, -0.25) is 4.98 Å². The summed E-state index contributed by atoms with van der Waals surface area (Å²) in [5, 5.41) is 9.77. The second-order valence-electron chi connectivity index (χ2n) is 14.4. The molecule has 4 aromatic heterocycles. The van der Waals surface area contributed by atoms with E-state index < -0.39 is 0 Å². The Morgan fingerprint density at radius 3 is 1.55 bits per heavy atom. The number of nitrogens with zero attached hydrogens (tertiary/aromatic N) is 4. The number of pyridine rings is 1. The summed E-state index contributed by atoms with van der Waals surface area (Å²) in [6.07, 6.45) is 3.87. The van der Waals surface area contributed by atoms with E-state index in [0.717, 1.165) is 28.0 Å². The van der Waals surface area contributed by atoms with E-state index in [1.165, 1.54) is 76.4 Å². The number of hydrogen-bond acceptors (Lipinski definition) is 1. The molecule has 0 spiro atoms. The Morgan fingerprint density at radius 2 is 0.836 bits per heavy atom. The highest BCUT2D eigenvalue weighted by molar-refractivity contribution is 6.24. The fourth-order valence-corrected chi connectivity index (χ4v) is 9.07. The molecule has 0 bridgehead atoms. The van der Waals surface area contributed by atoms with Gasteiger partial charge in [0.05, 0.1) is 33.1 Å². The highest BCUT2D eigenvalue weighted by Gasteiger charge is 2.21. The zero-order chi connectivity index (χ0) is 36.0. The smallest absolute Gasteiger partial charge is 0.0788 e. The van der Waals surface area contributed by atoms with Crippen molar-refractivity contribution in [1.29, 1.82) is 0 Å². The summed E-state index contributed by atoms with van der Waals surface area (Å²) >= 11 is 0. The monoisotopic (exact) mass is 700 g/mol. The normalized spacial score (nSPS) is 12.0. The van der Waals surface area contributed by atoms with E-state index in [9.17, 15) is 0 Å². The summed E-state index contributed by atoms with van der Waals surface area (Å²) in [5.74, 6) is 0. The van der Waals surface area contributed by atoms with Gasteiger partial charge in [-0.1, -0.05) is 109 Å². The van der Waals surface area contributed by atoms with Gasteiger partial charge >= 0.3 is 0 Å². The van der Waals surface area contributed by atoms with Crippen LogP contribution in [-0.4, -0.2) is 18.7 Å². The molecule has 0 atom stereocenters. The van der Waals surface area contributed by atoms with Gasteiger partial charge in [0.25, 0.3) is 0 Å². The van der Waals surface area contributed by atoms with Crippen molar-refractivity contribution in [3.05, 3.63) is 194 Å². The minimum absolute atomic E-state index is 1.14. The molecule has 0 aliphatic rings. The molecular weight excluding hydrogens is 669 g/mol. The third-order valence-electron chi connectivity index (χ3n) is 11.5. The van der Waals surface area contributed by atoms with Crippen LogP contribution < -0.4 is 0 Å². The Hall–Kier alpha value is -7.43. The molecule has 0 aliphatic heterocycles. The third kappa shape index (κ3) is 4.37. The first-order chi connectivity index (χ1) is 27.3. The Labute approximate surface area is 316 Å². The number of rotatable bonds is 4. The average Bonchev–Trinajstić information content (AvgIpc) is 3.89. The van der Waals surface area contributed by atoms with Crippen molar-refractivity contribution < 1.29 is 0 Å². The van der Waals surface area contributed by atoms with Gasteiger partial charge in [0.2, 0.25) is 0 Å². The lowest BCUT2D eigenvalue weighted by Crippen LogP contribution is -1.98. The van der Waals surface area contributed by atoms with Crippen molar-refractivity contribution in [2.75, 3.05) is 0 Å². The summed E-state index contributed by atoms with van der Waals surface area (Å²) in [4.78, 5) is 4.51. The number of aromatic nitrogens is 4. The molecule has 4 heterocycles. The Bertz CT molecular complexity index is 3480. The average molecular weight is 701 g/mol. The van der Waals surface area contributed by atoms with E-state index in [1.807, 2.05) is 12.4 Å². The molecule has 0 aliphatic carbocycles. The van der Waals surface area contributed by atoms with Crippen LogP contribution in [0.1, 0.15) is 0 Å². The lowest BCUT2D eigenvalue weighted by Gasteiger charge is -2.13. The van der Waals surface area contributed by atoms with E-state index in [1.54, 1.807) is 0 Å². The maximum atomic E-state index is 4.51. The molecule has 0 fully saturated rings. The Morgan fingerprint density at radius 1 is 0.309 bits per heavy atom. The topological polar surface area (TPSA) is 27.7 Å². The zero-order valence-corrected chi connectivity index (χ0v) is 29.8. The third-order valence-corrected chi connectivity index (χ3v) is 11.5. The fraction of sp³-hybridized carbons (Fsp3) is 0. The van der Waals surface area contributed by atoms with Crippen LogP contribution in [0.2, 0.25) is 0 Å². The summed E-state index contributed by atoms with van der Waals surface area (Å²) in [6, 6.07) is 66.3. The van der Waals surface area contributed by atoms with Crippen molar-refractivity contribution in [2.45, 2.75) is 0 Å². The van der Waals surface area contributed by atoms with Gasteiger partial charge in [-0.05, 0) is 94.7 Å². The predicted molar refractivity (Wildman–Crippen MR) is 230 cm³/mol. The molecule has 0 unspecified atom stereocenters. The van der Waals surface area contributed by atoms with E-state index in [0.29, 0.717) is 0 Å². The second kappa shape index (κ2) is 11.5. The maximum absolute atomic E-state index is 4.51. The molecular formula is C51H32N4. The first kappa shape index (κ1) is 30.1. The van der Waals surface area contributed by atoms with Crippen molar-refractivity contribution in [1.82, 2.24) is 18.7 Å². The van der Waals surface area contributed by atoms with Crippen molar-refractivity contribution in [2.24, 2.45) is 0 Å². The zero-order valence-electron chi connectivity index (χ0n) is 29.8. The summed E-state index contributed by atoms with van der Waals surface area (Å²) in [5.41, 5.74) is 13.0. The van der Waals surface area contributed by atoms with Gasteiger partial charge in [0.15, 0.2) is 0 Å². The molecule has 0 saturated carbocycles. The minimum Gasteiger partial charge on any atom is -0.309 e. The molecule has 55 heavy (non-hydrogen) atoms. The van der Waals surface area contributed by atoms with Crippen LogP contribution in [0.5, 0.6) is 0 Å². The lowest BCUT2D eigenvalue weighted by molar-refractivity contribution is 1.15. The molecule has 0 amide bonds. The molecule has 4 nitrogen and oxygen atoms in total. The maximum Gasteiger partial charge on any atom is 0.0788 e. The molecule has 8 aromatic carbocycles. The molecule has 0 N–H and O–H groups in total. The van der Waals surface area contributed by atoms with Gasteiger partial charge in [-0.25, -0.2) is 0 Å². The lowest BCUT2D eigenvalue weighted by atomic mass is 9.99. The number of hydrogen-bond donors (Lipinski definition) is 0. The van der Waals surface area contributed by atoms with Gasteiger partial charge in [-0.2, -0.15) is 0 Å². The van der Waals surface area contributed by atoms with Crippen molar-refractivity contribution in [3.8, 4) is 28.2 Å². The van der Waals surface area contributed by atoms with Crippen LogP contribution in [0.3, 0.4) is 0 Å². The van der Waals surface area contributed by atoms with Gasteiger partial charge in [-0.15, -0.1) is 0 Å². The summed E-state index contributed by atoms with van der Waals surface area (Å²) in [6.45, 7) is 0. The van der Waals surface area contributed by atoms with Crippen molar-refractivity contribution >= 4 is 76.2 Å². The first-order valence-electron chi connectivity index (χ1n) is 18.8. The van der Waals surface area contributed by atoms with Crippen LogP contribution >= 0.6 is 0 Å². The van der Waals surface area contributed by atoms with Gasteiger partial charge < -0.3 is 13.7 Å². The number of fused-ring (bicyclic) bond motifs is 11. The Balaban J connectivity index is 1.05. The highest BCUT2D eigenvalue weighted by atomic mass is 15.0. The van der Waals surface area contributed by atoms with E-state index >= 15 is 0 Å². The van der Waals surface area contributed by atoms with Crippen molar-refractivity contribution in [3.63, 3.8) is 0 Å². The number of benzene rings is 8. The molecule has 0 radical (unpaired) electrons. The number of para-hydroxylation sites is 4. The molecule has 256 valence electrons. The molecule has 12 aromatic rings. The minimum atomic E-state index is 1.14. The van der Waals surface area contributed by atoms with Crippen LogP contribution in [0, 0.1) is 0 Å². The Kier molecular flexibility index (Phi) is 6.31. The summed E-state index contributed by atoms with van der Waals surface area (Å²) < 4.78 is 7.25.